The fourth-order valence-corrected chi connectivity index (χ4v) is 1.13. The number of nitrogens with zero attached hydrogens (tertiary/aromatic N) is 4. The molecule has 0 atom stereocenters. The van der Waals surface area contributed by atoms with E-state index in [1.54, 1.807) is 0 Å². The molecule has 0 bridgehead atoms. The second-order valence-corrected chi connectivity index (χ2v) is 3.15. The minimum Gasteiger partial charge on any atom is -0.360 e. The molecule has 0 spiro atoms. The van der Waals surface area contributed by atoms with Crippen LogP contribution in [0.1, 0.15) is 11.4 Å². The van der Waals surface area contributed by atoms with Crippen molar-refractivity contribution in [2.75, 3.05) is 11.9 Å². The van der Waals surface area contributed by atoms with Gasteiger partial charge in [0.15, 0.2) is 11.4 Å². The van der Waals surface area contributed by atoms with E-state index in [0.29, 0.717) is 6.61 Å². The van der Waals surface area contributed by atoms with Gasteiger partial charge in [-0.3, -0.25) is 4.57 Å². The molecule has 0 aromatic carbocycles. The van der Waals surface area contributed by atoms with Crippen LogP contribution >= 0.6 is 15.9 Å². The number of alkyl halides is 1. The zero-order chi connectivity index (χ0) is 10.4. The molecule has 6 heteroatoms. The zero-order valence-corrected chi connectivity index (χ0v) is 8.86. The Morgan fingerprint density at radius 2 is 2.29 bits per heavy atom. The van der Waals surface area contributed by atoms with Gasteiger partial charge in [0.2, 0.25) is 0 Å². The molecule has 0 N–H and O–H groups in total. The van der Waals surface area contributed by atoms with Crippen LogP contribution in [0.2, 0.25) is 0 Å². The van der Waals surface area contributed by atoms with Crippen LogP contribution in [-0.2, 0) is 11.5 Å². The van der Waals surface area contributed by atoms with Gasteiger partial charge in [0, 0.05) is 5.33 Å². The predicted molar refractivity (Wildman–Crippen MR) is 51.4 cm³/mol. The smallest absolute Gasteiger partial charge is 0.176 e. The van der Waals surface area contributed by atoms with E-state index in [9.17, 15) is 0 Å². The van der Waals surface area contributed by atoms with Gasteiger partial charge in [-0.05, 0) is 0 Å². The van der Waals surface area contributed by atoms with Crippen molar-refractivity contribution < 1.29 is 4.74 Å². The molecular formula is C8H7BrN4O. The first kappa shape index (κ1) is 10.7. The molecule has 14 heavy (non-hydrogen) atoms. The Morgan fingerprint density at radius 3 is 2.86 bits per heavy atom. The summed E-state index contributed by atoms with van der Waals surface area (Å²) in [5, 5.41) is 18.1. The van der Waals surface area contributed by atoms with Crippen LogP contribution < -0.4 is 0 Å². The van der Waals surface area contributed by atoms with Crippen molar-refractivity contribution in [3.63, 3.8) is 0 Å². The normalized spacial score (nSPS) is 9.36. The minimum absolute atomic E-state index is 0.134. The fraction of sp³-hybridized carbons (Fsp3) is 0.375. The minimum atomic E-state index is 0.134. The van der Waals surface area contributed by atoms with Crippen LogP contribution in [0.15, 0.2) is 6.33 Å². The fourth-order valence-electron chi connectivity index (χ4n) is 0.897. The van der Waals surface area contributed by atoms with E-state index < -0.39 is 0 Å². The molecule has 0 saturated heterocycles. The van der Waals surface area contributed by atoms with Crippen molar-refractivity contribution in [3.8, 4) is 12.1 Å². The van der Waals surface area contributed by atoms with Crippen LogP contribution in [0.3, 0.4) is 0 Å². The molecule has 0 aliphatic carbocycles. The molecule has 0 fully saturated rings. The van der Waals surface area contributed by atoms with Crippen molar-refractivity contribution in [3.05, 3.63) is 17.7 Å². The molecule has 0 aliphatic rings. The van der Waals surface area contributed by atoms with E-state index in [0.717, 1.165) is 5.33 Å². The number of rotatable bonds is 4. The molecule has 0 amide bonds. The second kappa shape index (κ2) is 5.38. The van der Waals surface area contributed by atoms with Crippen LogP contribution in [0.4, 0.5) is 0 Å². The van der Waals surface area contributed by atoms with Crippen molar-refractivity contribution in [2.24, 2.45) is 0 Å². The Hall–Kier alpha value is -1.37. The maximum atomic E-state index is 8.75. The SMILES string of the molecule is N#Cc1ncn(COCCBr)c1C#N. The highest BCUT2D eigenvalue weighted by atomic mass is 79.9. The first-order valence-corrected chi connectivity index (χ1v) is 4.94. The summed E-state index contributed by atoms with van der Waals surface area (Å²) in [6.07, 6.45) is 1.42. The molecule has 1 aromatic heterocycles. The van der Waals surface area contributed by atoms with Crippen molar-refractivity contribution >= 4 is 15.9 Å². The summed E-state index contributed by atoms with van der Waals surface area (Å²) < 4.78 is 6.69. The highest BCUT2D eigenvalue weighted by Gasteiger charge is 2.08. The summed E-state index contributed by atoms with van der Waals surface area (Å²) in [4.78, 5) is 3.77. The van der Waals surface area contributed by atoms with E-state index in [1.807, 2.05) is 12.1 Å². The van der Waals surface area contributed by atoms with Gasteiger partial charge in [0.05, 0.1) is 12.9 Å². The van der Waals surface area contributed by atoms with E-state index >= 15 is 0 Å². The summed E-state index contributed by atoms with van der Waals surface area (Å²) >= 11 is 3.21. The topological polar surface area (TPSA) is 74.6 Å². The van der Waals surface area contributed by atoms with E-state index in [-0.39, 0.29) is 18.1 Å². The maximum Gasteiger partial charge on any atom is 0.176 e. The third kappa shape index (κ3) is 2.32. The molecule has 0 aliphatic heterocycles. The number of nitriles is 2. The summed E-state index contributed by atoms with van der Waals surface area (Å²) in [5.41, 5.74) is 0.372. The number of imidazole rings is 1. The molecule has 72 valence electrons. The Bertz CT molecular complexity index is 387. The maximum absolute atomic E-state index is 8.75. The lowest BCUT2D eigenvalue weighted by molar-refractivity contribution is 0.0898. The molecule has 1 heterocycles. The van der Waals surface area contributed by atoms with Crippen LogP contribution in [-0.4, -0.2) is 21.5 Å². The van der Waals surface area contributed by atoms with Gasteiger partial charge in [0.25, 0.3) is 0 Å². The summed E-state index contributed by atoms with van der Waals surface area (Å²) in [7, 11) is 0. The largest absolute Gasteiger partial charge is 0.360 e. The van der Waals surface area contributed by atoms with Crippen LogP contribution in [0, 0.1) is 22.7 Å². The Kier molecular flexibility index (Phi) is 4.11. The molecule has 0 saturated carbocycles. The lowest BCUT2D eigenvalue weighted by Crippen LogP contribution is -2.05. The monoisotopic (exact) mass is 254 g/mol. The summed E-state index contributed by atoms with van der Waals surface area (Å²) in [5.74, 6) is 0. The molecule has 1 rings (SSSR count). The third-order valence-electron chi connectivity index (χ3n) is 1.50. The first-order chi connectivity index (χ1) is 6.83. The second-order valence-electron chi connectivity index (χ2n) is 2.36. The number of aromatic nitrogens is 2. The van der Waals surface area contributed by atoms with E-state index in [2.05, 4.69) is 20.9 Å². The average Bonchev–Trinajstić information content (AvgIpc) is 2.60. The van der Waals surface area contributed by atoms with Crippen molar-refractivity contribution in [2.45, 2.75) is 6.73 Å². The standard InChI is InChI=1S/C8H7BrN4O/c9-1-2-14-6-13-5-12-7(3-10)8(13)4-11/h5H,1-2,6H2. The van der Waals surface area contributed by atoms with E-state index in [4.69, 9.17) is 15.3 Å². The molecule has 1 aromatic rings. The first-order valence-electron chi connectivity index (χ1n) is 3.82. The van der Waals surface area contributed by atoms with Gasteiger partial charge < -0.3 is 4.74 Å². The quantitative estimate of drug-likeness (QED) is 0.594. The van der Waals surface area contributed by atoms with Gasteiger partial charge in [-0.2, -0.15) is 10.5 Å². The van der Waals surface area contributed by atoms with Gasteiger partial charge >= 0.3 is 0 Å². The number of hydrogen-bond acceptors (Lipinski definition) is 4. The van der Waals surface area contributed by atoms with Crippen LogP contribution in [0.25, 0.3) is 0 Å². The highest BCUT2D eigenvalue weighted by molar-refractivity contribution is 9.09. The lowest BCUT2D eigenvalue weighted by Gasteiger charge is -2.03. The number of hydrogen-bond donors (Lipinski definition) is 0. The third-order valence-corrected chi connectivity index (χ3v) is 1.83. The summed E-state index contributed by atoms with van der Waals surface area (Å²) in [6.45, 7) is 0.786. The van der Waals surface area contributed by atoms with Crippen LogP contribution in [0.5, 0.6) is 0 Å². The predicted octanol–water partition coefficient (Wildman–Crippen LogP) is 0.995. The number of halogens is 1. The van der Waals surface area contributed by atoms with Gasteiger partial charge in [-0.25, -0.2) is 4.98 Å². The summed E-state index contributed by atoms with van der Waals surface area (Å²) in [6, 6.07) is 3.75. The Balaban J connectivity index is 2.74. The lowest BCUT2D eigenvalue weighted by atomic mass is 10.4. The van der Waals surface area contributed by atoms with Gasteiger partial charge in [0.1, 0.15) is 18.9 Å². The molecule has 5 nitrogen and oxygen atoms in total. The van der Waals surface area contributed by atoms with Gasteiger partial charge in [-0.1, -0.05) is 15.9 Å². The van der Waals surface area contributed by atoms with E-state index in [1.165, 1.54) is 10.9 Å². The van der Waals surface area contributed by atoms with Gasteiger partial charge in [-0.15, -0.1) is 0 Å². The zero-order valence-electron chi connectivity index (χ0n) is 7.27. The number of ether oxygens (including phenoxy) is 1. The Morgan fingerprint density at radius 1 is 1.50 bits per heavy atom. The molecular weight excluding hydrogens is 248 g/mol. The van der Waals surface area contributed by atoms with Crippen molar-refractivity contribution in [1.82, 2.24) is 9.55 Å². The molecule has 0 unspecified atom stereocenters. The highest BCUT2D eigenvalue weighted by Crippen LogP contribution is 2.04. The Labute approximate surface area is 89.7 Å². The molecule has 0 radical (unpaired) electrons. The van der Waals surface area contributed by atoms with Crippen molar-refractivity contribution in [1.29, 1.82) is 10.5 Å². The average molecular weight is 255 g/mol.